The molecular weight excluding hydrogens is 216 g/mol. The Morgan fingerprint density at radius 1 is 0.722 bits per heavy atom. The first-order valence-electron chi connectivity index (χ1n) is 6.35. The van der Waals surface area contributed by atoms with Crippen LogP contribution in [0, 0.1) is 6.92 Å². The molecule has 0 aliphatic carbocycles. The zero-order chi connectivity index (χ0) is 12.5. The summed E-state index contributed by atoms with van der Waals surface area (Å²) < 4.78 is 0. The highest BCUT2D eigenvalue weighted by molar-refractivity contribution is 6.12. The fourth-order valence-electron chi connectivity index (χ4n) is 2.73. The van der Waals surface area contributed by atoms with Gasteiger partial charge in [-0.1, -0.05) is 60.7 Å². The normalized spacial score (nSPS) is 11.7. The lowest BCUT2D eigenvalue weighted by molar-refractivity contribution is 1.52. The van der Waals surface area contributed by atoms with Crippen LogP contribution < -0.4 is 0 Å². The second kappa shape index (κ2) is 4.30. The van der Waals surface area contributed by atoms with Gasteiger partial charge in [-0.3, -0.25) is 0 Å². The number of rotatable bonds is 1. The molecule has 0 atom stereocenters. The molecule has 0 unspecified atom stereocenters. The Balaban J connectivity index is 2.62. The monoisotopic (exact) mass is 232 g/mol. The summed E-state index contributed by atoms with van der Waals surface area (Å²) >= 11 is 0. The minimum Gasteiger partial charge on any atom is -0.0870 e. The van der Waals surface area contributed by atoms with E-state index < -0.39 is 0 Å². The molecule has 3 aromatic rings. The van der Waals surface area contributed by atoms with E-state index >= 15 is 0 Å². The molecular formula is C18H16. The summed E-state index contributed by atoms with van der Waals surface area (Å²) in [6, 6.07) is 17.3. The molecule has 0 aliphatic heterocycles. The predicted octanol–water partition coefficient (Wildman–Crippen LogP) is 5.33. The fourth-order valence-corrected chi connectivity index (χ4v) is 2.73. The Morgan fingerprint density at radius 2 is 1.22 bits per heavy atom. The zero-order valence-electron chi connectivity index (χ0n) is 10.8. The average molecular weight is 232 g/mol. The molecule has 0 saturated heterocycles. The van der Waals surface area contributed by atoms with Crippen LogP contribution in [0.1, 0.15) is 18.1 Å². The minimum absolute atomic E-state index is 1.34. The van der Waals surface area contributed by atoms with Crippen LogP contribution in [-0.2, 0) is 0 Å². The standard InChI is InChI=1S/C18H16/c1-3-8-14-13(2)15-9-4-5-11-17(15)18-12-7-6-10-16(14)18/h3-12H,1-2H3. The van der Waals surface area contributed by atoms with Crippen LogP contribution in [0.5, 0.6) is 0 Å². The summed E-state index contributed by atoms with van der Waals surface area (Å²) in [5.74, 6) is 0. The van der Waals surface area contributed by atoms with Crippen LogP contribution in [0.2, 0.25) is 0 Å². The first-order valence-corrected chi connectivity index (χ1v) is 6.35. The van der Waals surface area contributed by atoms with Gasteiger partial charge < -0.3 is 0 Å². The number of allylic oxidation sites excluding steroid dienone is 1. The number of fused-ring (bicyclic) bond motifs is 3. The van der Waals surface area contributed by atoms with Crippen LogP contribution in [-0.4, -0.2) is 0 Å². The quantitative estimate of drug-likeness (QED) is 0.497. The third-order valence-electron chi connectivity index (χ3n) is 3.58. The molecule has 0 heterocycles. The molecule has 0 radical (unpaired) electrons. The van der Waals surface area contributed by atoms with E-state index in [9.17, 15) is 0 Å². The molecule has 88 valence electrons. The van der Waals surface area contributed by atoms with E-state index in [1.54, 1.807) is 0 Å². The molecule has 0 heteroatoms. The number of aryl methyl sites for hydroxylation is 1. The van der Waals surface area contributed by atoms with Crippen molar-refractivity contribution in [1.82, 2.24) is 0 Å². The van der Waals surface area contributed by atoms with E-state index in [1.165, 1.54) is 32.7 Å². The molecule has 0 amide bonds. The van der Waals surface area contributed by atoms with Crippen LogP contribution in [0.15, 0.2) is 54.6 Å². The van der Waals surface area contributed by atoms with Gasteiger partial charge in [-0.2, -0.15) is 0 Å². The molecule has 0 nitrogen and oxygen atoms in total. The third-order valence-corrected chi connectivity index (χ3v) is 3.58. The van der Waals surface area contributed by atoms with Crippen molar-refractivity contribution in [3.63, 3.8) is 0 Å². The van der Waals surface area contributed by atoms with E-state index in [-0.39, 0.29) is 0 Å². The highest BCUT2D eigenvalue weighted by Crippen LogP contribution is 2.32. The van der Waals surface area contributed by atoms with Crippen molar-refractivity contribution in [3.8, 4) is 0 Å². The first-order chi connectivity index (χ1) is 8.83. The largest absolute Gasteiger partial charge is 0.0870 e. The molecule has 0 N–H and O–H groups in total. The zero-order valence-corrected chi connectivity index (χ0v) is 10.8. The van der Waals surface area contributed by atoms with Gasteiger partial charge in [-0.15, -0.1) is 0 Å². The molecule has 0 spiro atoms. The average Bonchev–Trinajstić information content (AvgIpc) is 2.43. The molecule has 18 heavy (non-hydrogen) atoms. The lowest BCUT2D eigenvalue weighted by Crippen LogP contribution is -1.88. The van der Waals surface area contributed by atoms with Crippen molar-refractivity contribution < 1.29 is 0 Å². The van der Waals surface area contributed by atoms with Crippen molar-refractivity contribution in [1.29, 1.82) is 0 Å². The molecule has 3 rings (SSSR count). The van der Waals surface area contributed by atoms with Gasteiger partial charge in [-0.25, -0.2) is 0 Å². The molecule has 0 saturated carbocycles. The van der Waals surface area contributed by atoms with Crippen LogP contribution >= 0.6 is 0 Å². The molecule has 0 aromatic heterocycles. The van der Waals surface area contributed by atoms with E-state index in [1.807, 2.05) is 0 Å². The smallest absolute Gasteiger partial charge is 0.00992 e. The molecule has 0 aliphatic rings. The lowest BCUT2D eigenvalue weighted by atomic mass is 9.92. The van der Waals surface area contributed by atoms with Crippen molar-refractivity contribution in [2.45, 2.75) is 13.8 Å². The summed E-state index contributed by atoms with van der Waals surface area (Å²) in [6.45, 7) is 4.29. The van der Waals surface area contributed by atoms with Crippen LogP contribution in [0.25, 0.3) is 27.6 Å². The lowest BCUT2D eigenvalue weighted by Gasteiger charge is -2.12. The van der Waals surface area contributed by atoms with Crippen molar-refractivity contribution in [3.05, 3.63) is 65.7 Å². The Kier molecular flexibility index (Phi) is 2.64. The van der Waals surface area contributed by atoms with Gasteiger partial charge in [0, 0.05) is 0 Å². The predicted molar refractivity (Wildman–Crippen MR) is 80.9 cm³/mol. The fraction of sp³-hybridized carbons (Fsp3) is 0.111. The van der Waals surface area contributed by atoms with Gasteiger partial charge in [0.1, 0.15) is 0 Å². The SMILES string of the molecule is CC=Cc1c(C)c2ccccc2c2ccccc12. The maximum Gasteiger partial charge on any atom is -0.00992 e. The number of hydrogen-bond donors (Lipinski definition) is 0. The second-order valence-corrected chi connectivity index (χ2v) is 4.63. The van der Waals surface area contributed by atoms with E-state index in [0.717, 1.165) is 0 Å². The Morgan fingerprint density at radius 3 is 1.83 bits per heavy atom. The third kappa shape index (κ3) is 1.53. The van der Waals surface area contributed by atoms with E-state index in [4.69, 9.17) is 0 Å². The van der Waals surface area contributed by atoms with E-state index in [0.29, 0.717) is 0 Å². The van der Waals surface area contributed by atoms with Crippen LogP contribution in [0.3, 0.4) is 0 Å². The Hall–Kier alpha value is -2.08. The topological polar surface area (TPSA) is 0 Å². The molecule has 0 fully saturated rings. The first kappa shape index (κ1) is 11.0. The summed E-state index contributed by atoms with van der Waals surface area (Å²) in [7, 11) is 0. The van der Waals surface area contributed by atoms with E-state index in [2.05, 4.69) is 74.5 Å². The second-order valence-electron chi connectivity index (χ2n) is 4.63. The number of benzene rings is 3. The summed E-state index contributed by atoms with van der Waals surface area (Å²) in [4.78, 5) is 0. The maximum absolute atomic E-state index is 2.21. The van der Waals surface area contributed by atoms with Gasteiger partial charge >= 0.3 is 0 Å². The summed E-state index contributed by atoms with van der Waals surface area (Å²) in [5, 5.41) is 5.38. The van der Waals surface area contributed by atoms with Crippen molar-refractivity contribution >= 4 is 27.6 Å². The summed E-state index contributed by atoms with van der Waals surface area (Å²) in [5.41, 5.74) is 2.70. The summed E-state index contributed by atoms with van der Waals surface area (Å²) in [6.07, 6.45) is 4.33. The van der Waals surface area contributed by atoms with Gasteiger partial charge in [0.15, 0.2) is 0 Å². The van der Waals surface area contributed by atoms with Crippen molar-refractivity contribution in [2.75, 3.05) is 0 Å². The van der Waals surface area contributed by atoms with Crippen LogP contribution in [0.4, 0.5) is 0 Å². The highest BCUT2D eigenvalue weighted by Gasteiger charge is 2.08. The van der Waals surface area contributed by atoms with Crippen molar-refractivity contribution in [2.24, 2.45) is 0 Å². The highest BCUT2D eigenvalue weighted by atomic mass is 14.1. The van der Waals surface area contributed by atoms with Gasteiger partial charge in [0.05, 0.1) is 0 Å². The van der Waals surface area contributed by atoms with Gasteiger partial charge in [0.2, 0.25) is 0 Å². The maximum atomic E-state index is 2.21. The molecule has 0 bridgehead atoms. The van der Waals surface area contributed by atoms with Gasteiger partial charge in [-0.05, 0) is 46.5 Å². The Bertz CT molecular complexity index is 748. The minimum atomic E-state index is 1.34. The Labute approximate surface area is 108 Å². The molecule has 3 aromatic carbocycles. The van der Waals surface area contributed by atoms with Gasteiger partial charge in [0.25, 0.3) is 0 Å². The number of hydrogen-bond acceptors (Lipinski definition) is 0.